The molecule has 2 heterocycles. The molecule has 0 saturated heterocycles. The first-order valence-corrected chi connectivity index (χ1v) is 4.73. The Balaban J connectivity index is 1.97. The number of nitrogens with one attached hydrogen (secondary N) is 1. The summed E-state index contributed by atoms with van der Waals surface area (Å²) in [6.45, 7) is 0.770. The number of aromatic nitrogens is 4. The Hall–Kier alpha value is -1.43. The average molecular weight is 195 g/mol. The van der Waals surface area contributed by atoms with Gasteiger partial charge in [0, 0.05) is 11.9 Å². The van der Waals surface area contributed by atoms with Crippen LogP contribution in [0, 0.1) is 0 Å². The van der Waals surface area contributed by atoms with Crippen molar-refractivity contribution in [2.75, 3.05) is 5.32 Å². The third kappa shape index (κ3) is 1.83. The molecule has 0 aromatic carbocycles. The van der Waals surface area contributed by atoms with Gasteiger partial charge in [0.2, 0.25) is 5.95 Å². The van der Waals surface area contributed by atoms with Crippen molar-refractivity contribution in [2.45, 2.75) is 6.54 Å². The minimum absolute atomic E-state index is 0.688. The number of rotatable bonds is 3. The quantitative estimate of drug-likeness (QED) is 0.790. The Morgan fingerprint density at radius 2 is 2.54 bits per heavy atom. The predicted octanol–water partition coefficient (Wildman–Crippen LogP) is 0.884. The molecule has 0 fully saturated rings. The van der Waals surface area contributed by atoms with Crippen LogP contribution in [0.15, 0.2) is 17.5 Å². The third-order valence-electron chi connectivity index (χ3n) is 1.62. The largest absolute Gasteiger partial charge is 0.348 e. The SMILES string of the molecule is Cn1nnnc1NCc1cccs1. The number of thiophene rings is 1. The van der Waals surface area contributed by atoms with E-state index >= 15 is 0 Å². The van der Waals surface area contributed by atoms with Gasteiger partial charge in [0.15, 0.2) is 0 Å². The highest BCUT2D eigenvalue weighted by atomic mass is 32.1. The molecule has 0 aliphatic carbocycles. The zero-order chi connectivity index (χ0) is 9.10. The number of hydrogen-bond donors (Lipinski definition) is 1. The maximum Gasteiger partial charge on any atom is 0.242 e. The van der Waals surface area contributed by atoms with Crippen LogP contribution >= 0.6 is 11.3 Å². The monoisotopic (exact) mass is 195 g/mol. The van der Waals surface area contributed by atoms with Gasteiger partial charge in [-0.1, -0.05) is 11.2 Å². The Kier molecular flexibility index (Phi) is 2.22. The number of tetrazole rings is 1. The van der Waals surface area contributed by atoms with Crippen molar-refractivity contribution in [3.63, 3.8) is 0 Å². The van der Waals surface area contributed by atoms with Crippen LogP contribution in [-0.2, 0) is 13.6 Å². The van der Waals surface area contributed by atoms with E-state index in [9.17, 15) is 0 Å². The molecule has 0 aliphatic heterocycles. The van der Waals surface area contributed by atoms with Gasteiger partial charge in [-0.3, -0.25) is 0 Å². The van der Waals surface area contributed by atoms with Gasteiger partial charge in [-0.25, -0.2) is 4.68 Å². The maximum absolute atomic E-state index is 3.81. The zero-order valence-electron chi connectivity index (χ0n) is 7.14. The zero-order valence-corrected chi connectivity index (χ0v) is 7.95. The molecule has 0 spiro atoms. The molecule has 0 amide bonds. The highest BCUT2D eigenvalue weighted by molar-refractivity contribution is 7.09. The van der Waals surface area contributed by atoms with E-state index in [4.69, 9.17) is 0 Å². The maximum atomic E-state index is 3.81. The molecule has 0 radical (unpaired) electrons. The van der Waals surface area contributed by atoms with Crippen molar-refractivity contribution in [3.8, 4) is 0 Å². The summed E-state index contributed by atoms with van der Waals surface area (Å²) in [5, 5.41) is 16.2. The van der Waals surface area contributed by atoms with Crippen molar-refractivity contribution >= 4 is 17.3 Å². The van der Waals surface area contributed by atoms with Gasteiger partial charge in [-0.15, -0.1) is 11.3 Å². The molecule has 13 heavy (non-hydrogen) atoms. The third-order valence-corrected chi connectivity index (χ3v) is 2.50. The van der Waals surface area contributed by atoms with Crippen LogP contribution in [0.3, 0.4) is 0 Å². The van der Waals surface area contributed by atoms with Crippen LogP contribution in [0.2, 0.25) is 0 Å². The van der Waals surface area contributed by atoms with Gasteiger partial charge in [0.25, 0.3) is 0 Å². The molecule has 0 aliphatic rings. The molecule has 0 bridgehead atoms. The van der Waals surface area contributed by atoms with Crippen LogP contribution in [-0.4, -0.2) is 20.2 Å². The van der Waals surface area contributed by atoms with Gasteiger partial charge in [-0.2, -0.15) is 0 Å². The molecule has 2 rings (SSSR count). The van der Waals surface area contributed by atoms with E-state index in [2.05, 4.69) is 26.9 Å². The summed E-state index contributed by atoms with van der Waals surface area (Å²) < 4.78 is 1.60. The van der Waals surface area contributed by atoms with E-state index in [1.54, 1.807) is 23.1 Å². The standard InChI is InChI=1S/C7H9N5S/c1-12-7(9-10-11-12)8-5-6-3-2-4-13-6/h2-4H,5H2,1H3,(H,8,9,11). The highest BCUT2D eigenvalue weighted by Crippen LogP contribution is 2.09. The number of hydrogen-bond acceptors (Lipinski definition) is 5. The topological polar surface area (TPSA) is 55.6 Å². The lowest BCUT2D eigenvalue weighted by Crippen LogP contribution is -2.04. The second-order valence-corrected chi connectivity index (χ2v) is 3.59. The summed E-state index contributed by atoms with van der Waals surface area (Å²) in [4.78, 5) is 1.27. The fourth-order valence-electron chi connectivity index (χ4n) is 0.959. The molecule has 2 aromatic rings. The summed E-state index contributed by atoms with van der Waals surface area (Å²) in [6, 6.07) is 4.10. The minimum atomic E-state index is 0.688. The fourth-order valence-corrected chi connectivity index (χ4v) is 1.60. The van der Waals surface area contributed by atoms with E-state index in [-0.39, 0.29) is 0 Å². The van der Waals surface area contributed by atoms with Crippen LogP contribution in [0.5, 0.6) is 0 Å². The highest BCUT2D eigenvalue weighted by Gasteiger charge is 2.00. The molecule has 0 saturated carbocycles. The first kappa shape index (κ1) is 8.18. The van der Waals surface area contributed by atoms with Crippen molar-refractivity contribution in [1.82, 2.24) is 20.2 Å². The molecular formula is C7H9N5S. The Morgan fingerprint density at radius 3 is 3.15 bits per heavy atom. The number of aryl methyl sites for hydroxylation is 1. The smallest absolute Gasteiger partial charge is 0.242 e. The van der Waals surface area contributed by atoms with E-state index in [0.717, 1.165) is 6.54 Å². The van der Waals surface area contributed by atoms with Gasteiger partial charge in [0.05, 0.1) is 6.54 Å². The van der Waals surface area contributed by atoms with Crippen LogP contribution in [0.25, 0.3) is 0 Å². The second kappa shape index (κ2) is 3.53. The average Bonchev–Trinajstić information content (AvgIpc) is 2.72. The lowest BCUT2D eigenvalue weighted by molar-refractivity contribution is 0.712. The summed E-state index contributed by atoms with van der Waals surface area (Å²) in [7, 11) is 1.80. The van der Waals surface area contributed by atoms with Gasteiger partial charge in [0.1, 0.15) is 0 Å². The number of anilines is 1. The second-order valence-electron chi connectivity index (χ2n) is 2.56. The molecule has 68 valence electrons. The van der Waals surface area contributed by atoms with Crippen molar-refractivity contribution in [2.24, 2.45) is 7.05 Å². The number of nitrogens with zero attached hydrogens (tertiary/aromatic N) is 4. The normalized spacial score (nSPS) is 10.2. The summed E-state index contributed by atoms with van der Waals surface area (Å²) >= 11 is 1.71. The van der Waals surface area contributed by atoms with Gasteiger partial charge >= 0.3 is 0 Å². The Labute approximate surface area is 79.4 Å². The first-order valence-electron chi connectivity index (χ1n) is 3.85. The van der Waals surface area contributed by atoms with Crippen molar-refractivity contribution in [1.29, 1.82) is 0 Å². The predicted molar refractivity (Wildman–Crippen MR) is 50.4 cm³/mol. The summed E-state index contributed by atoms with van der Waals surface area (Å²) in [6.07, 6.45) is 0. The molecule has 2 aromatic heterocycles. The van der Waals surface area contributed by atoms with E-state index < -0.39 is 0 Å². The molecule has 6 heteroatoms. The molecule has 0 atom stereocenters. The summed E-state index contributed by atoms with van der Waals surface area (Å²) in [5.41, 5.74) is 0. The lowest BCUT2D eigenvalue weighted by Gasteiger charge is -2.00. The molecular weight excluding hydrogens is 186 g/mol. The first-order chi connectivity index (χ1) is 6.36. The van der Waals surface area contributed by atoms with Crippen LogP contribution in [0.1, 0.15) is 4.88 Å². The Bertz CT molecular complexity index is 366. The van der Waals surface area contributed by atoms with Crippen molar-refractivity contribution in [3.05, 3.63) is 22.4 Å². The van der Waals surface area contributed by atoms with Gasteiger partial charge in [-0.05, 0) is 21.9 Å². The fraction of sp³-hybridized carbons (Fsp3) is 0.286. The van der Waals surface area contributed by atoms with E-state index in [0.29, 0.717) is 5.95 Å². The van der Waals surface area contributed by atoms with Crippen LogP contribution in [0.4, 0.5) is 5.95 Å². The molecule has 1 N–H and O–H groups in total. The van der Waals surface area contributed by atoms with E-state index in [1.165, 1.54) is 4.88 Å². The van der Waals surface area contributed by atoms with E-state index in [1.807, 2.05) is 11.4 Å². The van der Waals surface area contributed by atoms with Gasteiger partial charge < -0.3 is 5.32 Å². The van der Waals surface area contributed by atoms with Crippen LogP contribution < -0.4 is 5.32 Å². The minimum Gasteiger partial charge on any atom is -0.348 e. The van der Waals surface area contributed by atoms with Crippen molar-refractivity contribution < 1.29 is 0 Å². The molecule has 5 nitrogen and oxygen atoms in total. The Morgan fingerprint density at radius 1 is 1.62 bits per heavy atom. The molecule has 0 unspecified atom stereocenters. The lowest BCUT2D eigenvalue weighted by atomic mass is 10.5. The summed E-state index contributed by atoms with van der Waals surface area (Å²) in [5.74, 6) is 0.688.